The predicted octanol–water partition coefficient (Wildman–Crippen LogP) is 3.54. The summed E-state index contributed by atoms with van der Waals surface area (Å²) in [6.07, 6.45) is 0.618. The summed E-state index contributed by atoms with van der Waals surface area (Å²) in [5.74, 6) is -0.519. The van der Waals surface area contributed by atoms with Crippen molar-refractivity contribution < 1.29 is 9.59 Å². The largest absolute Gasteiger partial charge is 0.326 e. The summed E-state index contributed by atoms with van der Waals surface area (Å²) in [7, 11) is 1.76. The van der Waals surface area contributed by atoms with Gasteiger partial charge in [-0.15, -0.1) is 0 Å². The molecule has 0 spiro atoms. The van der Waals surface area contributed by atoms with E-state index in [0.29, 0.717) is 6.42 Å². The molecule has 2 aromatic carbocycles. The standard InChI is InChI=1S/C20H22N2O2/c1-13-9-10-14(2)18(11-13)21-19(23)16-12-17(16)20(24)22(3)15-7-5-4-6-8-15/h4-11,16-17H,12H2,1-3H3,(H,21,23). The molecule has 3 rings (SSSR count). The number of rotatable bonds is 4. The quantitative estimate of drug-likeness (QED) is 0.936. The number of hydrogen-bond acceptors (Lipinski definition) is 2. The van der Waals surface area contributed by atoms with Crippen LogP contribution in [0.15, 0.2) is 48.5 Å². The van der Waals surface area contributed by atoms with E-state index < -0.39 is 0 Å². The van der Waals surface area contributed by atoms with Crippen LogP contribution in [0.4, 0.5) is 11.4 Å². The van der Waals surface area contributed by atoms with Gasteiger partial charge in [0.25, 0.3) is 0 Å². The van der Waals surface area contributed by atoms with Crippen LogP contribution >= 0.6 is 0 Å². The lowest BCUT2D eigenvalue weighted by Gasteiger charge is -2.17. The van der Waals surface area contributed by atoms with E-state index in [1.54, 1.807) is 11.9 Å². The fourth-order valence-electron chi connectivity index (χ4n) is 2.88. The molecule has 2 aromatic rings. The molecular weight excluding hydrogens is 300 g/mol. The lowest BCUT2D eigenvalue weighted by atomic mass is 10.1. The van der Waals surface area contributed by atoms with Gasteiger partial charge in [0.2, 0.25) is 11.8 Å². The van der Waals surface area contributed by atoms with Gasteiger partial charge in [-0.2, -0.15) is 0 Å². The molecule has 2 atom stereocenters. The van der Waals surface area contributed by atoms with E-state index in [-0.39, 0.29) is 23.7 Å². The molecule has 0 bridgehead atoms. The van der Waals surface area contributed by atoms with E-state index in [2.05, 4.69) is 5.32 Å². The van der Waals surface area contributed by atoms with Crippen molar-refractivity contribution in [2.75, 3.05) is 17.3 Å². The van der Waals surface area contributed by atoms with Crippen molar-refractivity contribution >= 4 is 23.2 Å². The average molecular weight is 322 g/mol. The van der Waals surface area contributed by atoms with Gasteiger partial charge in [-0.1, -0.05) is 30.3 Å². The van der Waals surface area contributed by atoms with Crippen molar-refractivity contribution in [2.24, 2.45) is 11.8 Å². The number of carbonyl (C=O) groups excluding carboxylic acids is 2. The Morgan fingerprint density at radius 2 is 1.75 bits per heavy atom. The van der Waals surface area contributed by atoms with Gasteiger partial charge in [0.15, 0.2) is 0 Å². The molecule has 1 saturated carbocycles. The predicted molar refractivity (Wildman–Crippen MR) is 96.0 cm³/mol. The van der Waals surface area contributed by atoms with Crippen LogP contribution in [-0.4, -0.2) is 18.9 Å². The summed E-state index contributed by atoms with van der Waals surface area (Å²) >= 11 is 0. The fourth-order valence-corrected chi connectivity index (χ4v) is 2.88. The van der Waals surface area contributed by atoms with Crippen molar-refractivity contribution in [3.8, 4) is 0 Å². The molecule has 0 radical (unpaired) electrons. The molecule has 0 aromatic heterocycles. The molecule has 4 heteroatoms. The number of nitrogens with one attached hydrogen (secondary N) is 1. The molecule has 24 heavy (non-hydrogen) atoms. The lowest BCUT2D eigenvalue weighted by Crippen LogP contribution is -2.29. The Bertz CT molecular complexity index is 770. The first-order chi connectivity index (χ1) is 11.5. The van der Waals surface area contributed by atoms with Crippen molar-refractivity contribution in [1.82, 2.24) is 0 Å². The molecule has 0 saturated heterocycles. The van der Waals surface area contributed by atoms with E-state index in [0.717, 1.165) is 22.5 Å². The first kappa shape index (κ1) is 16.2. The highest BCUT2D eigenvalue weighted by Gasteiger charge is 2.49. The van der Waals surface area contributed by atoms with Crippen LogP contribution in [0.2, 0.25) is 0 Å². The minimum atomic E-state index is -0.233. The third-order valence-corrected chi connectivity index (χ3v) is 4.57. The Morgan fingerprint density at radius 3 is 2.46 bits per heavy atom. The number of amides is 2. The topological polar surface area (TPSA) is 49.4 Å². The third kappa shape index (κ3) is 3.32. The SMILES string of the molecule is Cc1ccc(C)c(NC(=O)C2CC2C(=O)N(C)c2ccccc2)c1. The third-order valence-electron chi connectivity index (χ3n) is 4.57. The molecule has 1 fully saturated rings. The average Bonchev–Trinajstić information content (AvgIpc) is 3.38. The smallest absolute Gasteiger partial charge is 0.230 e. The monoisotopic (exact) mass is 322 g/mol. The normalized spacial score (nSPS) is 18.8. The van der Waals surface area contributed by atoms with Crippen LogP contribution in [0.25, 0.3) is 0 Å². The van der Waals surface area contributed by atoms with E-state index in [9.17, 15) is 9.59 Å². The molecule has 124 valence electrons. The molecule has 1 N–H and O–H groups in total. The number of para-hydroxylation sites is 1. The lowest BCUT2D eigenvalue weighted by molar-refractivity contribution is -0.123. The Morgan fingerprint density at radius 1 is 1.04 bits per heavy atom. The second-order valence-corrected chi connectivity index (χ2v) is 6.49. The zero-order valence-electron chi connectivity index (χ0n) is 14.2. The minimum Gasteiger partial charge on any atom is -0.326 e. The van der Waals surface area contributed by atoms with Crippen molar-refractivity contribution in [1.29, 1.82) is 0 Å². The summed E-state index contributed by atoms with van der Waals surface area (Å²) in [6.45, 7) is 3.96. The molecule has 2 unspecified atom stereocenters. The second kappa shape index (κ2) is 6.48. The Balaban J connectivity index is 1.63. The van der Waals surface area contributed by atoms with Gasteiger partial charge in [-0.25, -0.2) is 0 Å². The van der Waals surface area contributed by atoms with Gasteiger partial charge in [0.1, 0.15) is 0 Å². The van der Waals surface area contributed by atoms with Crippen molar-refractivity contribution in [3.05, 3.63) is 59.7 Å². The van der Waals surface area contributed by atoms with Gasteiger partial charge < -0.3 is 10.2 Å². The Kier molecular flexibility index (Phi) is 4.38. The van der Waals surface area contributed by atoms with Crippen molar-refractivity contribution in [2.45, 2.75) is 20.3 Å². The number of carbonyl (C=O) groups is 2. The molecule has 4 nitrogen and oxygen atoms in total. The summed E-state index contributed by atoms with van der Waals surface area (Å²) in [5.41, 5.74) is 3.81. The van der Waals surface area contributed by atoms with Crippen LogP contribution in [0.3, 0.4) is 0 Å². The first-order valence-electron chi connectivity index (χ1n) is 8.18. The van der Waals surface area contributed by atoms with Gasteiger partial charge in [0.05, 0.1) is 11.8 Å². The zero-order valence-corrected chi connectivity index (χ0v) is 14.2. The van der Waals surface area contributed by atoms with Gasteiger partial charge in [-0.3, -0.25) is 9.59 Å². The molecule has 0 aliphatic heterocycles. The van der Waals surface area contributed by atoms with Crippen LogP contribution in [-0.2, 0) is 9.59 Å². The first-order valence-corrected chi connectivity index (χ1v) is 8.18. The number of hydrogen-bond donors (Lipinski definition) is 1. The van der Waals surface area contributed by atoms with E-state index in [1.807, 2.05) is 62.4 Å². The highest BCUT2D eigenvalue weighted by atomic mass is 16.2. The highest BCUT2D eigenvalue weighted by Crippen LogP contribution is 2.41. The summed E-state index contributed by atoms with van der Waals surface area (Å²) in [5, 5.41) is 2.97. The summed E-state index contributed by atoms with van der Waals surface area (Å²) in [4.78, 5) is 26.6. The molecular formula is C20H22N2O2. The van der Waals surface area contributed by atoms with Crippen LogP contribution in [0.1, 0.15) is 17.5 Å². The maximum absolute atomic E-state index is 12.5. The van der Waals surface area contributed by atoms with Gasteiger partial charge in [-0.05, 0) is 49.6 Å². The fraction of sp³-hybridized carbons (Fsp3) is 0.300. The molecule has 1 aliphatic rings. The zero-order chi connectivity index (χ0) is 17.3. The summed E-state index contributed by atoms with van der Waals surface area (Å²) in [6, 6.07) is 15.5. The summed E-state index contributed by atoms with van der Waals surface area (Å²) < 4.78 is 0. The number of benzene rings is 2. The maximum Gasteiger partial charge on any atom is 0.230 e. The maximum atomic E-state index is 12.5. The van der Waals surface area contributed by atoms with Crippen LogP contribution < -0.4 is 10.2 Å². The molecule has 2 amide bonds. The minimum absolute atomic E-state index is 0.00214. The molecule has 1 aliphatic carbocycles. The highest BCUT2D eigenvalue weighted by molar-refractivity contribution is 6.04. The van der Waals surface area contributed by atoms with Crippen LogP contribution in [0, 0.1) is 25.7 Å². The van der Waals surface area contributed by atoms with Crippen LogP contribution in [0.5, 0.6) is 0 Å². The number of aryl methyl sites for hydroxylation is 2. The van der Waals surface area contributed by atoms with Crippen molar-refractivity contribution in [3.63, 3.8) is 0 Å². The Labute approximate surface area is 142 Å². The van der Waals surface area contributed by atoms with E-state index in [1.165, 1.54) is 0 Å². The van der Waals surface area contributed by atoms with E-state index in [4.69, 9.17) is 0 Å². The number of nitrogens with zero attached hydrogens (tertiary/aromatic N) is 1. The number of anilines is 2. The van der Waals surface area contributed by atoms with E-state index >= 15 is 0 Å². The second-order valence-electron chi connectivity index (χ2n) is 6.49. The Hall–Kier alpha value is -2.62. The molecule has 0 heterocycles. The van der Waals surface area contributed by atoms with Gasteiger partial charge >= 0.3 is 0 Å². The van der Waals surface area contributed by atoms with Gasteiger partial charge in [0, 0.05) is 18.4 Å².